The zero-order chi connectivity index (χ0) is 21.1. The Morgan fingerprint density at radius 1 is 1.07 bits per heavy atom. The van der Waals surface area contributed by atoms with Gasteiger partial charge in [0.15, 0.2) is 0 Å². The van der Waals surface area contributed by atoms with Gasteiger partial charge in [0.1, 0.15) is 12.1 Å². The van der Waals surface area contributed by atoms with E-state index in [1.54, 1.807) is 6.07 Å². The van der Waals surface area contributed by atoms with Crippen molar-refractivity contribution in [2.24, 2.45) is 0 Å². The van der Waals surface area contributed by atoms with Crippen LogP contribution in [0.1, 0.15) is 24.8 Å². The van der Waals surface area contributed by atoms with Gasteiger partial charge in [-0.25, -0.2) is 19.4 Å². The molecule has 1 rings (SSSR count). The van der Waals surface area contributed by atoms with Gasteiger partial charge in [0.05, 0.1) is 0 Å². The Hall–Kier alpha value is -2.89. The molecule has 10 nitrogen and oxygen atoms in total. The second-order valence-electron chi connectivity index (χ2n) is 5.66. The Morgan fingerprint density at radius 3 is 2.21 bits per heavy atom. The monoisotopic (exact) mass is 416 g/mol. The number of pyridine rings is 1. The number of aromatic nitrogens is 1. The van der Waals surface area contributed by atoms with E-state index in [0.717, 1.165) is 0 Å². The molecular formula is C16H20FN3O7S. The summed E-state index contributed by atoms with van der Waals surface area (Å²) in [6.45, 7) is 0. The van der Waals surface area contributed by atoms with Crippen LogP contribution in [-0.4, -0.2) is 62.1 Å². The first-order valence-electron chi connectivity index (χ1n) is 8.11. The van der Waals surface area contributed by atoms with Gasteiger partial charge < -0.3 is 26.0 Å². The average molecular weight is 416 g/mol. The zero-order valence-corrected chi connectivity index (χ0v) is 15.4. The normalized spacial score (nSPS) is 12.6. The van der Waals surface area contributed by atoms with Crippen molar-refractivity contribution in [1.82, 2.24) is 15.6 Å². The molecule has 2 amide bonds. The third-order valence-electron chi connectivity index (χ3n) is 3.46. The Balaban J connectivity index is 2.47. The fraction of sp³-hybridized carbons (Fsp3) is 0.438. The van der Waals surface area contributed by atoms with Crippen molar-refractivity contribution in [3.63, 3.8) is 0 Å². The van der Waals surface area contributed by atoms with Gasteiger partial charge in [-0.05, 0) is 36.3 Å². The number of amides is 2. The molecule has 0 aromatic carbocycles. The maximum Gasteiger partial charge on any atom is 0.326 e. The minimum absolute atomic E-state index is 0.0495. The summed E-state index contributed by atoms with van der Waals surface area (Å²) >= 11 is 1.33. The topological polar surface area (TPSA) is 166 Å². The number of urea groups is 1. The third kappa shape index (κ3) is 9.16. The number of halogens is 1. The van der Waals surface area contributed by atoms with Crippen LogP contribution >= 0.6 is 11.8 Å². The Morgan fingerprint density at radius 2 is 1.68 bits per heavy atom. The maximum absolute atomic E-state index is 13.0. The highest BCUT2D eigenvalue weighted by Crippen LogP contribution is 2.14. The fourth-order valence-corrected chi connectivity index (χ4v) is 3.03. The van der Waals surface area contributed by atoms with Crippen LogP contribution < -0.4 is 10.6 Å². The molecule has 1 aromatic rings. The first kappa shape index (κ1) is 23.1. The zero-order valence-electron chi connectivity index (χ0n) is 14.6. The number of carbonyl (C=O) groups excluding carboxylic acids is 1. The van der Waals surface area contributed by atoms with Crippen molar-refractivity contribution >= 4 is 35.7 Å². The molecule has 0 aliphatic rings. The second-order valence-corrected chi connectivity index (χ2v) is 6.77. The lowest BCUT2D eigenvalue weighted by Crippen LogP contribution is -2.51. The van der Waals surface area contributed by atoms with E-state index in [4.69, 9.17) is 10.2 Å². The Bertz CT molecular complexity index is 719. The highest BCUT2D eigenvalue weighted by Gasteiger charge is 2.24. The first-order valence-corrected chi connectivity index (χ1v) is 9.27. The van der Waals surface area contributed by atoms with Crippen LogP contribution in [0.4, 0.5) is 9.18 Å². The quantitative estimate of drug-likeness (QED) is 0.246. The van der Waals surface area contributed by atoms with Crippen LogP contribution in [0.25, 0.3) is 0 Å². The second kappa shape index (κ2) is 11.7. The summed E-state index contributed by atoms with van der Waals surface area (Å²) in [6.07, 6.45) is 0.564. The van der Waals surface area contributed by atoms with E-state index in [2.05, 4.69) is 10.3 Å². The number of hydrogen-bond acceptors (Lipinski definition) is 6. The molecule has 2 unspecified atom stereocenters. The van der Waals surface area contributed by atoms with Crippen LogP contribution in [0, 0.1) is 5.95 Å². The van der Waals surface area contributed by atoms with Crippen LogP contribution in [0.5, 0.6) is 0 Å². The van der Waals surface area contributed by atoms with Crippen molar-refractivity contribution < 1.29 is 38.9 Å². The average Bonchev–Trinajstić information content (AvgIpc) is 2.60. The molecule has 154 valence electrons. The third-order valence-corrected chi connectivity index (χ3v) is 4.53. The molecule has 2 atom stereocenters. The summed E-state index contributed by atoms with van der Waals surface area (Å²) in [6, 6.07) is -0.862. The number of carbonyl (C=O) groups is 4. The molecule has 28 heavy (non-hydrogen) atoms. The van der Waals surface area contributed by atoms with Crippen molar-refractivity contribution in [1.29, 1.82) is 0 Å². The lowest BCUT2D eigenvalue weighted by atomic mass is 10.1. The van der Waals surface area contributed by atoms with Gasteiger partial charge in [-0.15, -0.1) is 0 Å². The number of thioether (sulfide) groups is 1. The number of carboxylic acid groups (broad SMARTS) is 3. The number of nitrogens with one attached hydrogen (secondary N) is 2. The number of hydrogen-bond donors (Lipinski definition) is 5. The minimum Gasteiger partial charge on any atom is -0.481 e. The van der Waals surface area contributed by atoms with Gasteiger partial charge in [0, 0.05) is 18.4 Å². The van der Waals surface area contributed by atoms with Gasteiger partial charge >= 0.3 is 23.9 Å². The summed E-state index contributed by atoms with van der Waals surface area (Å²) < 4.78 is 13.0. The molecule has 0 aliphatic carbocycles. The number of carboxylic acids is 3. The minimum atomic E-state index is -1.46. The summed E-state index contributed by atoms with van der Waals surface area (Å²) in [5, 5.41) is 31.0. The molecular weight excluding hydrogens is 396 g/mol. The van der Waals surface area contributed by atoms with E-state index >= 15 is 0 Å². The number of rotatable bonds is 12. The first-order chi connectivity index (χ1) is 13.2. The predicted octanol–water partition coefficient (Wildman–Crippen LogP) is 0.914. The number of aliphatic carboxylic acids is 3. The van der Waals surface area contributed by atoms with E-state index in [-0.39, 0.29) is 12.8 Å². The molecule has 12 heteroatoms. The molecule has 1 aromatic heterocycles. The van der Waals surface area contributed by atoms with E-state index in [1.165, 1.54) is 24.0 Å². The largest absolute Gasteiger partial charge is 0.481 e. The van der Waals surface area contributed by atoms with Crippen molar-refractivity contribution in [3.05, 3.63) is 29.8 Å². The van der Waals surface area contributed by atoms with E-state index in [9.17, 15) is 28.7 Å². The predicted molar refractivity (Wildman–Crippen MR) is 96.4 cm³/mol. The molecule has 0 saturated heterocycles. The van der Waals surface area contributed by atoms with Gasteiger partial charge in [0.25, 0.3) is 0 Å². The van der Waals surface area contributed by atoms with Crippen molar-refractivity contribution in [2.75, 3.05) is 5.75 Å². The van der Waals surface area contributed by atoms with Gasteiger partial charge in [-0.1, -0.05) is 0 Å². The van der Waals surface area contributed by atoms with Gasteiger partial charge in [-0.2, -0.15) is 16.2 Å². The van der Waals surface area contributed by atoms with E-state index in [0.29, 0.717) is 17.1 Å². The summed E-state index contributed by atoms with van der Waals surface area (Å²) in [5.74, 6) is -3.80. The lowest BCUT2D eigenvalue weighted by molar-refractivity contribution is -0.140. The number of nitrogens with zero attached hydrogens (tertiary/aromatic N) is 1. The molecule has 0 radical (unpaired) electrons. The van der Waals surface area contributed by atoms with Crippen LogP contribution in [0.15, 0.2) is 18.3 Å². The SMILES string of the molecule is O=C(O)CCC(NC(=O)NC(CCSCc1ccnc([18F])c1)C(=O)O)C(=O)O. The Kier molecular flexibility index (Phi) is 9.71. The van der Waals surface area contributed by atoms with Gasteiger partial charge in [-0.3, -0.25) is 4.79 Å². The van der Waals surface area contributed by atoms with E-state index < -0.39 is 48.4 Å². The van der Waals surface area contributed by atoms with Crippen LogP contribution in [0.3, 0.4) is 0 Å². The van der Waals surface area contributed by atoms with Gasteiger partial charge in [0.2, 0.25) is 5.95 Å². The summed E-state index contributed by atoms with van der Waals surface area (Å²) in [5.41, 5.74) is 0.679. The molecule has 0 aliphatic heterocycles. The van der Waals surface area contributed by atoms with Crippen molar-refractivity contribution in [3.8, 4) is 0 Å². The highest BCUT2D eigenvalue weighted by molar-refractivity contribution is 7.98. The van der Waals surface area contributed by atoms with Crippen molar-refractivity contribution in [2.45, 2.75) is 37.1 Å². The molecule has 0 bridgehead atoms. The molecule has 1 heterocycles. The van der Waals surface area contributed by atoms with E-state index in [1.807, 2.05) is 5.32 Å². The summed E-state index contributed by atoms with van der Waals surface area (Å²) in [4.78, 5) is 48.1. The summed E-state index contributed by atoms with van der Waals surface area (Å²) in [7, 11) is 0. The maximum atomic E-state index is 13.0. The highest BCUT2D eigenvalue weighted by atomic mass is 32.2. The molecule has 0 fully saturated rings. The molecule has 5 N–H and O–H groups in total. The molecule has 0 saturated carbocycles. The lowest BCUT2D eigenvalue weighted by Gasteiger charge is -2.18. The standard InChI is InChI=1S/C16H20FN3O7S/c17-12-7-9(3-5-18-12)8-28-6-4-11(15(25)26)20-16(27)19-10(14(23)24)1-2-13(21)22/h3,5,7,10-11H,1-2,4,6,8H2,(H,21,22)(H,23,24)(H,25,26)(H2,19,20,27)/i17-1. The van der Waals surface area contributed by atoms with Crippen LogP contribution in [0.2, 0.25) is 0 Å². The molecule has 0 spiro atoms. The van der Waals surface area contributed by atoms with Crippen LogP contribution in [-0.2, 0) is 20.1 Å². The smallest absolute Gasteiger partial charge is 0.326 e. The Labute approximate surface area is 163 Å². The fourth-order valence-electron chi connectivity index (χ4n) is 2.06.